The lowest BCUT2D eigenvalue weighted by molar-refractivity contribution is 1.19. The van der Waals surface area contributed by atoms with Crippen molar-refractivity contribution in [2.75, 3.05) is 0 Å². The van der Waals surface area contributed by atoms with Gasteiger partial charge in [0.1, 0.15) is 0 Å². The lowest BCUT2D eigenvalue weighted by Gasteiger charge is -2.12. The van der Waals surface area contributed by atoms with Gasteiger partial charge in [-0.15, -0.1) is 0 Å². The van der Waals surface area contributed by atoms with Crippen LogP contribution in [0.2, 0.25) is 0 Å². The number of fused-ring (bicyclic) bond motifs is 3. The van der Waals surface area contributed by atoms with Crippen LogP contribution in [0.1, 0.15) is 5.69 Å². The number of hydrogen-bond donors (Lipinski definition) is 0. The van der Waals surface area contributed by atoms with E-state index in [-0.39, 0.29) is 0 Å². The molecule has 0 radical (unpaired) electrons. The van der Waals surface area contributed by atoms with E-state index in [1.807, 2.05) is 31.2 Å². The molecule has 0 unspecified atom stereocenters. The number of hydrogen-bond acceptors (Lipinski definition) is 2. The van der Waals surface area contributed by atoms with Crippen LogP contribution in [0.15, 0.2) is 91.0 Å². The van der Waals surface area contributed by atoms with Gasteiger partial charge in [0.2, 0.25) is 0 Å². The first-order valence-electron chi connectivity index (χ1n) is 9.12. The smallest absolute Gasteiger partial charge is 0.0969 e. The van der Waals surface area contributed by atoms with E-state index in [0.717, 1.165) is 33.4 Å². The molecule has 0 aliphatic heterocycles. The average Bonchev–Trinajstić information content (AvgIpc) is 2.74. The second-order valence-electron chi connectivity index (χ2n) is 6.73. The Bertz CT molecular complexity index is 1260. The zero-order valence-electron chi connectivity index (χ0n) is 15.1. The summed E-state index contributed by atoms with van der Waals surface area (Å²) >= 11 is 0. The highest BCUT2D eigenvalue weighted by Crippen LogP contribution is 2.34. The van der Waals surface area contributed by atoms with Crippen LogP contribution >= 0.6 is 0 Å². The van der Waals surface area contributed by atoms with Crippen molar-refractivity contribution in [1.82, 2.24) is 9.97 Å². The molecular weight excluding hydrogens is 328 g/mol. The molecule has 0 bridgehead atoms. The minimum absolute atomic E-state index is 0.928. The van der Waals surface area contributed by atoms with Crippen LogP contribution in [0.4, 0.5) is 0 Å². The molecular formula is C25H18N2. The summed E-state index contributed by atoms with van der Waals surface area (Å²) in [5.74, 6) is 0. The van der Waals surface area contributed by atoms with Gasteiger partial charge in [-0.3, -0.25) is 0 Å². The standard InChI is InChI=1S/C25H18N2/c1-17-24(19-12-6-3-7-13-19)27-23-16-22(18-10-4-2-5-11-18)20-14-8-9-15-21(20)25(23)26-17/h2-16H,1H3. The van der Waals surface area contributed by atoms with E-state index in [4.69, 9.17) is 9.97 Å². The molecule has 27 heavy (non-hydrogen) atoms. The zero-order valence-corrected chi connectivity index (χ0v) is 15.1. The van der Waals surface area contributed by atoms with E-state index in [1.54, 1.807) is 0 Å². The third-order valence-corrected chi connectivity index (χ3v) is 4.98. The van der Waals surface area contributed by atoms with Crippen molar-refractivity contribution in [3.63, 3.8) is 0 Å². The Hall–Kier alpha value is -3.52. The highest BCUT2D eigenvalue weighted by atomic mass is 14.8. The maximum atomic E-state index is 5.02. The Labute approximate surface area is 158 Å². The van der Waals surface area contributed by atoms with Crippen LogP contribution in [0.3, 0.4) is 0 Å². The molecule has 0 saturated heterocycles. The van der Waals surface area contributed by atoms with Gasteiger partial charge >= 0.3 is 0 Å². The monoisotopic (exact) mass is 346 g/mol. The summed E-state index contributed by atoms with van der Waals surface area (Å²) in [6, 6.07) is 31.4. The summed E-state index contributed by atoms with van der Waals surface area (Å²) in [6.07, 6.45) is 0. The molecule has 0 spiro atoms. The molecule has 0 aliphatic rings. The average molecular weight is 346 g/mol. The minimum atomic E-state index is 0.928. The molecule has 2 heteroatoms. The van der Waals surface area contributed by atoms with Crippen molar-refractivity contribution in [2.24, 2.45) is 0 Å². The first-order valence-corrected chi connectivity index (χ1v) is 9.12. The highest BCUT2D eigenvalue weighted by Gasteiger charge is 2.13. The van der Waals surface area contributed by atoms with Crippen LogP contribution in [0.5, 0.6) is 0 Å². The maximum absolute atomic E-state index is 5.02. The molecule has 4 aromatic carbocycles. The molecule has 5 aromatic rings. The summed E-state index contributed by atoms with van der Waals surface area (Å²) in [5.41, 5.74) is 7.26. The van der Waals surface area contributed by atoms with Crippen LogP contribution in [0.25, 0.3) is 44.2 Å². The number of aryl methyl sites for hydroxylation is 1. The van der Waals surface area contributed by atoms with E-state index >= 15 is 0 Å². The Morgan fingerprint density at radius 1 is 0.593 bits per heavy atom. The Balaban J connectivity index is 1.87. The van der Waals surface area contributed by atoms with Crippen molar-refractivity contribution in [2.45, 2.75) is 6.92 Å². The van der Waals surface area contributed by atoms with Gasteiger partial charge in [-0.25, -0.2) is 9.97 Å². The van der Waals surface area contributed by atoms with Crippen molar-refractivity contribution in [3.8, 4) is 22.4 Å². The van der Waals surface area contributed by atoms with Gasteiger partial charge < -0.3 is 0 Å². The summed E-state index contributed by atoms with van der Waals surface area (Å²) in [6.45, 7) is 2.04. The van der Waals surface area contributed by atoms with Crippen molar-refractivity contribution >= 4 is 21.8 Å². The van der Waals surface area contributed by atoms with E-state index in [1.165, 1.54) is 16.5 Å². The fourth-order valence-corrected chi connectivity index (χ4v) is 3.70. The third-order valence-electron chi connectivity index (χ3n) is 4.98. The Morgan fingerprint density at radius 2 is 1.19 bits per heavy atom. The molecule has 0 fully saturated rings. The topological polar surface area (TPSA) is 25.8 Å². The molecule has 5 rings (SSSR count). The van der Waals surface area contributed by atoms with Gasteiger partial charge in [0.05, 0.1) is 22.4 Å². The Morgan fingerprint density at radius 3 is 1.89 bits per heavy atom. The first kappa shape index (κ1) is 15.7. The summed E-state index contributed by atoms with van der Waals surface area (Å²) in [7, 11) is 0. The van der Waals surface area contributed by atoms with Gasteiger partial charge in [-0.2, -0.15) is 0 Å². The molecule has 2 nitrogen and oxygen atoms in total. The quantitative estimate of drug-likeness (QED) is 0.344. The second-order valence-corrected chi connectivity index (χ2v) is 6.73. The lowest BCUT2D eigenvalue weighted by atomic mass is 9.96. The normalized spacial score (nSPS) is 11.1. The van der Waals surface area contributed by atoms with Gasteiger partial charge in [0.25, 0.3) is 0 Å². The predicted octanol–water partition coefficient (Wildman–Crippen LogP) is 6.43. The third kappa shape index (κ3) is 2.67. The zero-order chi connectivity index (χ0) is 18.2. The van der Waals surface area contributed by atoms with Crippen LogP contribution in [0, 0.1) is 6.92 Å². The molecule has 128 valence electrons. The second kappa shape index (κ2) is 6.33. The molecule has 0 N–H and O–H groups in total. The molecule has 0 atom stereocenters. The van der Waals surface area contributed by atoms with E-state index in [2.05, 4.69) is 66.7 Å². The van der Waals surface area contributed by atoms with E-state index in [0.29, 0.717) is 0 Å². The molecule has 0 saturated carbocycles. The van der Waals surface area contributed by atoms with Gasteiger partial charge in [-0.1, -0.05) is 84.9 Å². The minimum Gasteiger partial charge on any atom is -0.249 e. The Kier molecular flexibility index (Phi) is 3.68. The summed E-state index contributed by atoms with van der Waals surface area (Å²) in [4.78, 5) is 9.97. The largest absolute Gasteiger partial charge is 0.249 e. The predicted molar refractivity (Wildman–Crippen MR) is 113 cm³/mol. The fourth-order valence-electron chi connectivity index (χ4n) is 3.70. The SMILES string of the molecule is Cc1nc2c(cc(-c3ccccc3)c3ccccc32)nc1-c1ccccc1. The van der Waals surface area contributed by atoms with Crippen LogP contribution in [-0.2, 0) is 0 Å². The molecule has 0 aliphatic carbocycles. The van der Waals surface area contributed by atoms with Crippen LogP contribution < -0.4 is 0 Å². The number of aromatic nitrogens is 2. The molecule has 0 amide bonds. The molecule has 1 heterocycles. The summed E-state index contributed by atoms with van der Waals surface area (Å²) < 4.78 is 0. The maximum Gasteiger partial charge on any atom is 0.0969 e. The number of benzene rings is 4. The number of rotatable bonds is 2. The van der Waals surface area contributed by atoms with Crippen molar-refractivity contribution in [3.05, 3.63) is 96.7 Å². The van der Waals surface area contributed by atoms with Crippen molar-refractivity contribution < 1.29 is 0 Å². The van der Waals surface area contributed by atoms with Crippen molar-refractivity contribution in [1.29, 1.82) is 0 Å². The van der Waals surface area contributed by atoms with E-state index in [9.17, 15) is 0 Å². The summed E-state index contributed by atoms with van der Waals surface area (Å²) in [5, 5.41) is 2.35. The van der Waals surface area contributed by atoms with Crippen LogP contribution in [-0.4, -0.2) is 9.97 Å². The van der Waals surface area contributed by atoms with Gasteiger partial charge in [0, 0.05) is 10.9 Å². The highest BCUT2D eigenvalue weighted by molar-refractivity contribution is 6.11. The molecule has 1 aromatic heterocycles. The first-order chi connectivity index (χ1) is 13.3. The number of nitrogens with zero attached hydrogens (tertiary/aromatic N) is 2. The van der Waals surface area contributed by atoms with Gasteiger partial charge in [0.15, 0.2) is 0 Å². The lowest BCUT2D eigenvalue weighted by Crippen LogP contribution is -1.96. The van der Waals surface area contributed by atoms with E-state index < -0.39 is 0 Å². The van der Waals surface area contributed by atoms with Gasteiger partial charge in [-0.05, 0) is 29.5 Å². The fraction of sp³-hybridized carbons (Fsp3) is 0.0400.